The first-order valence-corrected chi connectivity index (χ1v) is 10.4. The van der Waals surface area contributed by atoms with Crippen molar-refractivity contribution in [2.24, 2.45) is 5.10 Å². The van der Waals surface area contributed by atoms with Crippen molar-refractivity contribution in [1.29, 1.82) is 0 Å². The number of methoxy groups -OCH3 is 3. The third-order valence-corrected chi connectivity index (χ3v) is 5.03. The molecule has 1 N–H and O–H groups in total. The maximum absolute atomic E-state index is 12.7. The summed E-state index contributed by atoms with van der Waals surface area (Å²) in [6, 6.07) is 23.9. The Bertz CT molecular complexity index is 1020. The lowest BCUT2D eigenvalue weighted by atomic mass is 10.0. The number of benzene rings is 3. The second kappa shape index (κ2) is 12.3. The minimum absolute atomic E-state index is 0.247. The highest BCUT2D eigenvalue weighted by molar-refractivity contribution is 5.79. The quantitative estimate of drug-likeness (QED) is 0.270. The number of carbonyl (C=O) groups excluding carboxylic acids is 1. The van der Waals surface area contributed by atoms with E-state index in [2.05, 4.69) is 10.5 Å². The van der Waals surface area contributed by atoms with E-state index in [1.54, 1.807) is 20.4 Å². The lowest BCUT2D eigenvalue weighted by Gasteiger charge is -2.25. The summed E-state index contributed by atoms with van der Waals surface area (Å²) in [6.45, 7) is 0.247. The first-order valence-electron chi connectivity index (χ1n) is 10.4. The predicted molar refractivity (Wildman–Crippen MR) is 126 cm³/mol. The Balaban J connectivity index is 1.84. The van der Waals surface area contributed by atoms with Gasteiger partial charge in [0.2, 0.25) is 0 Å². The molecule has 0 aromatic heterocycles. The van der Waals surface area contributed by atoms with E-state index in [4.69, 9.17) is 18.9 Å². The monoisotopic (exact) mass is 448 g/mol. The first kappa shape index (κ1) is 23.8. The third-order valence-electron chi connectivity index (χ3n) is 5.03. The number of ether oxygens (including phenoxy) is 4. The van der Waals surface area contributed by atoms with Crippen molar-refractivity contribution in [3.63, 3.8) is 0 Å². The van der Waals surface area contributed by atoms with Crippen LogP contribution in [0, 0.1) is 0 Å². The Hall–Kier alpha value is -3.84. The van der Waals surface area contributed by atoms with E-state index in [-0.39, 0.29) is 6.61 Å². The van der Waals surface area contributed by atoms with Crippen LogP contribution in [0.3, 0.4) is 0 Å². The summed E-state index contributed by atoms with van der Waals surface area (Å²) in [7, 11) is 4.56. The fourth-order valence-corrected chi connectivity index (χ4v) is 3.19. The van der Waals surface area contributed by atoms with Gasteiger partial charge in [0, 0.05) is 0 Å². The van der Waals surface area contributed by atoms with Gasteiger partial charge in [0.25, 0.3) is 0 Å². The minimum atomic E-state index is -0.934. The van der Waals surface area contributed by atoms with Crippen molar-refractivity contribution >= 4 is 12.2 Å². The fraction of sp³-hybridized carbons (Fsp3) is 0.231. The van der Waals surface area contributed by atoms with Crippen LogP contribution in [-0.2, 0) is 20.9 Å². The number of rotatable bonds is 11. The molecule has 33 heavy (non-hydrogen) atoms. The van der Waals surface area contributed by atoms with Crippen molar-refractivity contribution < 1.29 is 23.7 Å². The summed E-state index contributed by atoms with van der Waals surface area (Å²) in [5, 5.41) is 4.37. The lowest BCUT2D eigenvalue weighted by Crippen LogP contribution is -2.38. The van der Waals surface area contributed by atoms with Gasteiger partial charge in [0.15, 0.2) is 6.10 Å². The third kappa shape index (κ3) is 6.82. The second-order valence-electron chi connectivity index (χ2n) is 7.15. The molecule has 2 atom stereocenters. The largest absolute Gasteiger partial charge is 0.497 e. The van der Waals surface area contributed by atoms with Gasteiger partial charge in [0.05, 0.1) is 34.2 Å². The standard InChI is InChI=1S/C26H28N2O5/c1-30-22-13-9-19(10-14-22)17-27-28-24(21-11-15-23(31-2)16-12-21)25(26(29)32-3)33-18-20-7-5-4-6-8-20/h4-17,24-25,28H,18H2,1-3H3/b27-17+/t24-,25+/m0/s1. The van der Waals surface area contributed by atoms with Crippen molar-refractivity contribution in [3.8, 4) is 11.5 Å². The van der Waals surface area contributed by atoms with Gasteiger partial charge in [-0.2, -0.15) is 5.10 Å². The van der Waals surface area contributed by atoms with Crippen molar-refractivity contribution in [2.75, 3.05) is 21.3 Å². The fourth-order valence-electron chi connectivity index (χ4n) is 3.19. The molecule has 0 saturated carbocycles. The van der Waals surface area contributed by atoms with Crippen molar-refractivity contribution in [3.05, 3.63) is 95.6 Å². The van der Waals surface area contributed by atoms with Gasteiger partial charge in [-0.3, -0.25) is 5.43 Å². The van der Waals surface area contributed by atoms with Gasteiger partial charge in [0.1, 0.15) is 17.5 Å². The molecule has 0 aliphatic heterocycles. The molecule has 0 unspecified atom stereocenters. The molecule has 0 heterocycles. The molecule has 0 fully saturated rings. The van der Waals surface area contributed by atoms with E-state index >= 15 is 0 Å². The molecule has 0 aliphatic rings. The van der Waals surface area contributed by atoms with Gasteiger partial charge >= 0.3 is 5.97 Å². The normalized spacial score (nSPS) is 12.7. The lowest BCUT2D eigenvalue weighted by molar-refractivity contribution is -0.157. The number of nitrogens with one attached hydrogen (secondary N) is 1. The van der Waals surface area contributed by atoms with E-state index in [9.17, 15) is 4.79 Å². The number of carbonyl (C=O) groups is 1. The molecule has 0 saturated heterocycles. The van der Waals surface area contributed by atoms with Crippen LogP contribution >= 0.6 is 0 Å². The number of hydrazone groups is 1. The molecule has 3 aromatic carbocycles. The molecule has 0 radical (unpaired) electrons. The number of nitrogens with zero attached hydrogens (tertiary/aromatic N) is 1. The average molecular weight is 449 g/mol. The van der Waals surface area contributed by atoms with Gasteiger partial charge in [-0.15, -0.1) is 0 Å². The Morgan fingerprint density at radius 2 is 1.48 bits per heavy atom. The zero-order valence-electron chi connectivity index (χ0n) is 18.9. The molecule has 3 aromatic rings. The zero-order valence-corrected chi connectivity index (χ0v) is 18.9. The Labute approximate surface area is 193 Å². The molecule has 3 rings (SSSR count). The Kier molecular flexibility index (Phi) is 8.85. The van der Waals surface area contributed by atoms with Crippen LogP contribution in [0.15, 0.2) is 84.0 Å². The maximum Gasteiger partial charge on any atom is 0.337 e. The zero-order chi connectivity index (χ0) is 23.5. The number of hydrogen-bond acceptors (Lipinski definition) is 7. The Morgan fingerprint density at radius 3 is 2.06 bits per heavy atom. The van der Waals surface area contributed by atoms with E-state index in [0.717, 1.165) is 22.4 Å². The minimum Gasteiger partial charge on any atom is -0.497 e. The van der Waals surface area contributed by atoms with Crippen LogP contribution in [0.2, 0.25) is 0 Å². The molecule has 7 nitrogen and oxygen atoms in total. The molecule has 7 heteroatoms. The van der Waals surface area contributed by atoms with E-state index in [1.165, 1.54) is 7.11 Å². The molecule has 172 valence electrons. The van der Waals surface area contributed by atoms with Crippen LogP contribution in [0.4, 0.5) is 0 Å². The summed E-state index contributed by atoms with van der Waals surface area (Å²) in [5.74, 6) is 0.967. The summed E-state index contributed by atoms with van der Waals surface area (Å²) in [4.78, 5) is 12.7. The summed E-state index contributed by atoms with van der Waals surface area (Å²) >= 11 is 0. The second-order valence-corrected chi connectivity index (χ2v) is 7.15. The highest BCUT2D eigenvalue weighted by Crippen LogP contribution is 2.24. The molecule has 0 aliphatic carbocycles. The first-order chi connectivity index (χ1) is 16.1. The summed E-state index contributed by atoms with van der Waals surface area (Å²) in [6.07, 6.45) is 0.734. The summed E-state index contributed by atoms with van der Waals surface area (Å²) < 4.78 is 21.5. The van der Waals surface area contributed by atoms with E-state index in [1.807, 2.05) is 78.9 Å². The Morgan fingerprint density at radius 1 is 0.879 bits per heavy atom. The summed E-state index contributed by atoms with van der Waals surface area (Å²) in [5.41, 5.74) is 5.69. The van der Waals surface area contributed by atoms with Gasteiger partial charge < -0.3 is 18.9 Å². The smallest absolute Gasteiger partial charge is 0.337 e. The number of esters is 1. The SMILES string of the molecule is COC(=O)[C@H](OCc1ccccc1)[C@@H](N/N=C/c1ccc(OC)cc1)c1ccc(OC)cc1. The number of hydrogen-bond donors (Lipinski definition) is 1. The van der Waals surface area contributed by atoms with Gasteiger partial charge in [-0.05, 0) is 53.1 Å². The highest BCUT2D eigenvalue weighted by Gasteiger charge is 2.32. The topological polar surface area (TPSA) is 78.4 Å². The maximum atomic E-state index is 12.7. The van der Waals surface area contributed by atoms with Crippen LogP contribution < -0.4 is 14.9 Å². The van der Waals surface area contributed by atoms with E-state index in [0.29, 0.717) is 5.75 Å². The van der Waals surface area contributed by atoms with Crippen LogP contribution in [-0.4, -0.2) is 39.6 Å². The molecule has 0 amide bonds. The van der Waals surface area contributed by atoms with Crippen molar-refractivity contribution in [1.82, 2.24) is 5.43 Å². The van der Waals surface area contributed by atoms with Crippen LogP contribution in [0.5, 0.6) is 11.5 Å². The van der Waals surface area contributed by atoms with Gasteiger partial charge in [-0.1, -0.05) is 42.5 Å². The predicted octanol–water partition coefficient (Wildman–Crippen LogP) is 4.13. The van der Waals surface area contributed by atoms with E-state index < -0.39 is 18.1 Å². The molecular weight excluding hydrogens is 420 g/mol. The van der Waals surface area contributed by atoms with Gasteiger partial charge in [-0.25, -0.2) is 4.79 Å². The highest BCUT2D eigenvalue weighted by atomic mass is 16.6. The average Bonchev–Trinajstić information content (AvgIpc) is 2.88. The molecule has 0 bridgehead atoms. The van der Waals surface area contributed by atoms with Crippen molar-refractivity contribution in [2.45, 2.75) is 18.8 Å². The molecular formula is C26H28N2O5. The molecule has 0 spiro atoms. The van der Waals surface area contributed by atoms with Crippen LogP contribution in [0.1, 0.15) is 22.7 Å². The van der Waals surface area contributed by atoms with Crippen LogP contribution in [0.25, 0.3) is 0 Å².